The lowest BCUT2D eigenvalue weighted by atomic mass is 10.1. The topological polar surface area (TPSA) is 52.6 Å². The molecule has 0 aromatic heterocycles. The molecule has 4 heteroatoms. The van der Waals surface area contributed by atoms with Gasteiger partial charge in [-0.15, -0.1) is 0 Å². The smallest absolute Gasteiger partial charge is 0.305 e. The lowest BCUT2D eigenvalue weighted by molar-refractivity contribution is -0.145. The van der Waals surface area contributed by atoms with Gasteiger partial charge < -0.3 is 9.47 Å². The number of unbranched alkanes of at least 4 members (excludes halogenated alkanes) is 8. The van der Waals surface area contributed by atoms with E-state index in [1.54, 1.807) is 0 Å². The fourth-order valence-electron chi connectivity index (χ4n) is 2.34. The predicted molar refractivity (Wildman–Crippen MR) is 93.3 cm³/mol. The Kier molecular flexibility index (Phi) is 16.5. The van der Waals surface area contributed by atoms with Gasteiger partial charge in [0.25, 0.3) is 0 Å². The summed E-state index contributed by atoms with van der Waals surface area (Å²) in [6.45, 7) is 5.16. The molecule has 0 aliphatic rings. The molecule has 0 aromatic carbocycles. The first-order valence-corrected chi connectivity index (χ1v) is 9.52. The molecule has 0 amide bonds. The van der Waals surface area contributed by atoms with Gasteiger partial charge in [-0.1, -0.05) is 65.2 Å². The zero-order valence-corrected chi connectivity index (χ0v) is 15.2. The molecule has 0 rings (SSSR count). The molecule has 0 atom stereocenters. The van der Waals surface area contributed by atoms with Crippen molar-refractivity contribution < 1.29 is 19.1 Å². The van der Waals surface area contributed by atoms with Crippen molar-refractivity contribution in [1.82, 2.24) is 0 Å². The maximum absolute atomic E-state index is 11.5. The largest absolute Gasteiger partial charge is 0.466 e. The van der Waals surface area contributed by atoms with E-state index in [0.29, 0.717) is 32.5 Å². The van der Waals surface area contributed by atoms with Crippen LogP contribution in [0.4, 0.5) is 0 Å². The van der Waals surface area contributed by atoms with Gasteiger partial charge >= 0.3 is 11.9 Å². The van der Waals surface area contributed by atoms with E-state index in [9.17, 15) is 9.59 Å². The molecule has 0 unspecified atom stereocenters. The standard InChI is InChI=1S/C19H36O4/c1-3-5-6-7-8-9-10-11-12-17-23-19(21)15-13-14-18(20)22-16-4-2/h3-17H2,1-2H3. The number of hydrogen-bond donors (Lipinski definition) is 0. The highest BCUT2D eigenvalue weighted by molar-refractivity contribution is 5.72. The SMILES string of the molecule is CCCCCCCCCCCOC(=O)CCCC(=O)OCCC. The van der Waals surface area contributed by atoms with Crippen molar-refractivity contribution in [3.05, 3.63) is 0 Å². The minimum absolute atomic E-state index is 0.201. The Labute approximate surface area is 142 Å². The predicted octanol–water partition coefficient (Wildman–Crippen LogP) is 5.18. The summed E-state index contributed by atoms with van der Waals surface area (Å²) in [4.78, 5) is 22.8. The fourth-order valence-corrected chi connectivity index (χ4v) is 2.34. The highest BCUT2D eigenvalue weighted by atomic mass is 16.5. The van der Waals surface area contributed by atoms with Crippen LogP contribution in [0, 0.1) is 0 Å². The number of esters is 2. The maximum atomic E-state index is 11.5. The molecular weight excluding hydrogens is 292 g/mol. The van der Waals surface area contributed by atoms with Crippen molar-refractivity contribution in [1.29, 1.82) is 0 Å². The highest BCUT2D eigenvalue weighted by Gasteiger charge is 2.06. The van der Waals surface area contributed by atoms with Crippen LogP contribution in [0.2, 0.25) is 0 Å². The second-order valence-electron chi connectivity index (χ2n) is 6.12. The van der Waals surface area contributed by atoms with Gasteiger partial charge in [-0.05, 0) is 19.3 Å². The number of ether oxygens (including phenoxy) is 2. The average molecular weight is 328 g/mol. The molecule has 0 bridgehead atoms. The summed E-state index contributed by atoms with van der Waals surface area (Å²) >= 11 is 0. The Morgan fingerprint density at radius 1 is 0.565 bits per heavy atom. The van der Waals surface area contributed by atoms with E-state index in [-0.39, 0.29) is 11.9 Å². The van der Waals surface area contributed by atoms with Crippen LogP contribution >= 0.6 is 0 Å². The van der Waals surface area contributed by atoms with Crippen LogP contribution < -0.4 is 0 Å². The lowest BCUT2D eigenvalue weighted by Crippen LogP contribution is -2.09. The molecule has 0 spiro atoms. The van der Waals surface area contributed by atoms with E-state index >= 15 is 0 Å². The van der Waals surface area contributed by atoms with E-state index < -0.39 is 0 Å². The zero-order valence-electron chi connectivity index (χ0n) is 15.2. The zero-order chi connectivity index (χ0) is 17.2. The third-order valence-electron chi connectivity index (χ3n) is 3.74. The van der Waals surface area contributed by atoms with E-state index in [2.05, 4.69) is 6.92 Å². The molecule has 136 valence electrons. The Morgan fingerprint density at radius 3 is 1.57 bits per heavy atom. The van der Waals surface area contributed by atoms with E-state index in [0.717, 1.165) is 19.3 Å². The Bertz CT molecular complexity index is 289. The van der Waals surface area contributed by atoms with Crippen LogP contribution in [0.25, 0.3) is 0 Å². The quantitative estimate of drug-likeness (QED) is 0.289. The fraction of sp³-hybridized carbons (Fsp3) is 0.895. The first-order valence-electron chi connectivity index (χ1n) is 9.52. The van der Waals surface area contributed by atoms with Crippen LogP contribution in [0.15, 0.2) is 0 Å². The molecule has 0 aliphatic heterocycles. The first kappa shape index (κ1) is 21.9. The third kappa shape index (κ3) is 17.1. The van der Waals surface area contributed by atoms with Gasteiger partial charge in [0.2, 0.25) is 0 Å². The van der Waals surface area contributed by atoms with Gasteiger partial charge in [0, 0.05) is 12.8 Å². The summed E-state index contributed by atoms with van der Waals surface area (Å²) in [5.74, 6) is -0.425. The summed E-state index contributed by atoms with van der Waals surface area (Å²) in [5, 5.41) is 0. The van der Waals surface area contributed by atoms with Crippen LogP contribution in [0.1, 0.15) is 97.3 Å². The van der Waals surface area contributed by atoms with Gasteiger partial charge in [-0.25, -0.2) is 0 Å². The second-order valence-corrected chi connectivity index (χ2v) is 6.12. The number of carbonyl (C=O) groups is 2. The van der Waals surface area contributed by atoms with Gasteiger partial charge in [0.1, 0.15) is 0 Å². The van der Waals surface area contributed by atoms with Crippen molar-refractivity contribution in [3.63, 3.8) is 0 Å². The van der Waals surface area contributed by atoms with Crippen LogP contribution in [0.3, 0.4) is 0 Å². The summed E-state index contributed by atoms with van der Waals surface area (Å²) in [7, 11) is 0. The molecule has 0 radical (unpaired) electrons. The first-order chi connectivity index (χ1) is 11.2. The molecule has 23 heavy (non-hydrogen) atoms. The van der Waals surface area contributed by atoms with Crippen molar-refractivity contribution in [2.45, 2.75) is 97.3 Å². The highest BCUT2D eigenvalue weighted by Crippen LogP contribution is 2.09. The average Bonchev–Trinajstić information content (AvgIpc) is 2.54. The minimum Gasteiger partial charge on any atom is -0.466 e. The van der Waals surface area contributed by atoms with Crippen molar-refractivity contribution in [3.8, 4) is 0 Å². The molecule has 0 aromatic rings. The normalized spacial score (nSPS) is 10.5. The molecule has 0 saturated carbocycles. The van der Waals surface area contributed by atoms with Crippen molar-refractivity contribution in [2.24, 2.45) is 0 Å². The van der Waals surface area contributed by atoms with Gasteiger partial charge in [0.05, 0.1) is 13.2 Å². The maximum Gasteiger partial charge on any atom is 0.305 e. The van der Waals surface area contributed by atoms with E-state index in [1.807, 2.05) is 6.92 Å². The summed E-state index contributed by atoms with van der Waals surface area (Å²) < 4.78 is 10.1. The Hall–Kier alpha value is -1.06. The second kappa shape index (κ2) is 17.3. The summed E-state index contributed by atoms with van der Waals surface area (Å²) in [6.07, 6.45) is 13.2. The van der Waals surface area contributed by atoms with E-state index in [4.69, 9.17) is 9.47 Å². The van der Waals surface area contributed by atoms with Crippen LogP contribution in [-0.2, 0) is 19.1 Å². The number of carbonyl (C=O) groups excluding carboxylic acids is 2. The number of hydrogen-bond acceptors (Lipinski definition) is 4. The van der Waals surface area contributed by atoms with Crippen molar-refractivity contribution >= 4 is 11.9 Å². The van der Waals surface area contributed by atoms with E-state index in [1.165, 1.54) is 44.9 Å². The van der Waals surface area contributed by atoms with Crippen molar-refractivity contribution in [2.75, 3.05) is 13.2 Å². The third-order valence-corrected chi connectivity index (χ3v) is 3.74. The van der Waals surface area contributed by atoms with Crippen LogP contribution in [0.5, 0.6) is 0 Å². The Morgan fingerprint density at radius 2 is 1.04 bits per heavy atom. The molecule has 4 nitrogen and oxygen atoms in total. The summed E-state index contributed by atoms with van der Waals surface area (Å²) in [6, 6.07) is 0. The summed E-state index contributed by atoms with van der Waals surface area (Å²) in [5.41, 5.74) is 0. The minimum atomic E-state index is -0.224. The molecule has 0 fully saturated rings. The van der Waals surface area contributed by atoms with Gasteiger partial charge in [-0.3, -0.25) is 9.59 Å². The molecule has 0 saturated heterocycles. The van der Waals surface area contributed by atoms with Gasteiger partial charge in [-0.2, -0.15) is 0 Å². The monoisotopic (exact) mass is 328 g/mol. The Balaban J connectivity index is 3.26. The molecule has 0 aliphatic carbocycles. The molecular formula is C19H36O4. The number of rotatable bonds is 16. The van der Waals surface area contributed by atoms with Crippen LogP contribution in [-0.4, -0.2) is 25.2 Å². The molecule has 0 heterocycles. The molecule has 0 N–H and O–H groups in total. The lowest BCUT2D eigenvalue weighted by Gasteiger charge is -2.05. The van der Waals surface area contributed by atoms with Gasteiger partial charge in [0.15, 0.2) is 0 Å².